The number of rotatable bonds is 5. The average Bonchev–Trinajstić information content (AvgIpc) is 2.87. The molecule has 0 spiro atoms. The van der Waals surface area contributed by atoms with E-state index in [0.717, 1.165) is 11.3 Å². The van der Waals surface area contributed by atoms with Crippen molar-refractivity contribution in [2.75, 3.05) is 17.1 Å². The van der Waals surface area contributed by atoms with Crippen LogP contribution < -0.4 is 14.8 Å². The van der Waals surface area contributed by atoms with E-state index in [2.05, 4.69) is 20.2 Å². The molecule has 0 bridgehead atoms. The van der Waals surface area contributed by atoms with E-state index in [9.17, 15) is 13.2 Å². The Morgan fingerprint density at radius 2 is 2.09 bits per heavy atom. The summed E-state index contributed by atoms with van der Waals surface area (Å²) in [6, 6.07) is 4.51. The molecule has 0 saturated carbocycles. The Hall–Kier alpha value is -1.91. The number of aromatic nitrogens is 2. The highest BCUT2D eigenvalue weighted by Crippen LogP contribution is 2.30. The summed E-state index contributed by atoms with van der Waals surface area (Å²) in [5, 5.41) is 9.92. The Kier molecular flexibility index (Phi) is 4.84. The summed E-state index contributed by atoms with van der Waals surface area (Å²) >= 11 is 6.57. The Morgan fingerprint density at radius 1 is 1.36 bits per heavy atom. The van der Waals surface area contributed by atoms with Crippen molar-refractivity contribution in [3.05, 3.63) is 23.2 Å². The number of sulfonamides is 1. The molecular weight excluding hydrogens is 352 g/mol. The molecule has 1 heterocycles. The van der Waals surface area contributed by atoms with Crippen molar-refractivity contribution in [2.24, 2.45) is 0 Å². The van der Waals surface area contributed by atoms with Crippen molar-refractivity contribution in [1.29, 1.82) is 0 Å². The second-order valence-corrected chi connectivity index (χ2v) is 7.27. The summed E-state index contributed by atoms with van der Waals surface area (Å²) in [7, 11) is -2.57. The summed E-state index contributed by atoms with van der Waals surface area (Å²) in [4.78, 5) is 10.9. The molecule has 0 fully saturated rings. The van der Waals surface area contributed by atoms with E-state index in [1.54, 1.807) is 6.07 Å². The Bertz CT molecular complexity index is 806. The summed E-state index contributed by atoms with van der Waals surface area (Å²) in [6.45, 7) is 1.28. The fourth-order valence-electron chi connectivity index (χ4n) is 1.47. The second kappa shape index (κ2) is 6.46. The fourth-order valence-corrected chi connectivity index (χ4v) is 3.65. The lowest BCUT2D eigenvalue weighted by molar-refractivity contribution is -0.114. The number of methoxy groups -OCH3 is 1. The molecule has 11 heteroatoms. The molecule has 0 atom stereocenters. The van der Waals surface area contributed by atoms with E-state index in [1.807, 2.05) is 0 Å². The smallest absolute Gasteiger partial charge is 0.291 e. The van der Waals surface area contributed by atoms with Gasteiger partial charge in [-0.25, -0.2) is 0 Å². The molecule has 0 radical (unpaired) electrons. The largest absolute Gasteiger partial charge is 0.495 e. The molecule has 118 valence electrons. The van der Waals surface area contributed by atoms with Crippen LogP contribution in [-0.2, 0) is 14.8 Å². The third-order valence-corrected chi connectivity index (χ3v) is 5.13. The van der Waals surface area contributed by atoms with Gasteiger partial charge in [-0.3, -0.25) is 9.52 Å². The molecule has 0 unspecified atom stereocenters. The summed E-state index contributed by atoms with van der Waals surface area (Å²) in [6.07, 6.45) is 0. The summed E-state index contributed by atoms with van der Waals surface area (Å²) in [5.41, 5.74) is 0.172. The van der Waals surface area contributed by atoms with E-state index < -0.39 is 10.0 Å². The van der Waals surface area contributed by atoms with Gasteiger partial charge in [-0.05, 0) is 18.2 Å². The minimum Gasteiger partial charge on any atom is -0.495 e. The average molecular weight is 363 g/mol. The number of ether oxygens (including phenoxy) is 1. The van der Waals surface area contributed by atoms with Gasteiger partial charge in [-0.2, -0.15) is 8.42 Å². The van der Waals surface area contributed by atoms with Gasteiger partial charge in [0.1, 0.15) is 5.75 Å². The minimum absolute atomic E-state index is 0.0888. The number of hydrogen-bond acceptors (Lipinski definition) is 7. The van der Waals surface area contributed by atoms with Crippen LogP contribution in [0.3, 0.4) is 0 Å². The van der Waals surface area contributed by atoms with Gasteiger partial charge in [0.2, 0.25) is 11.0 Å². The van der Waals surface area contributed by atoms with Gasteiger partial charge in [0.25, 0.3) is 14.4 Å². The topological polar surface area (TPSA) is 110 Å². The van der Waals surface area contributed by atoms with Crippen LogP contribution >= 0.6 is 22.9 Å². The third kappa shape index (κ3) is 3.84. The number of halogens is 1. The number of amides is 1. The lowest BCUT2D eigenvalue weighted by Crippen LogP contribution is -2.13. The number of anilines is 2. The number of hydrogen-bond donors (Lipinski definition) is 2. The first-order valence-electron chi connectivity index (χ1n) is 5.79. The summed E-state index contributed by atoms with van der Waals surface area (Å²) < 4.78 is 31.6. The molecule has 1 aromatic carbocycles. The van der Waals surface area contributed by atoms with Gasteiger partial charge in [-0.1, -0.05) is 22.9 Å². The number of carbonyl (C=O) groups is 1. The van der Waals surface area contributed by atoms with Gasteiger partial charge in [0.05, 0.1) is 12.8 Å². The predicted molar refractivity (Wildman–Crippen MR) is 83.0 cm³/mol. The Labute approximate surface area is 135 Å². The molecule has 2 N–H and O–H groups in total. The maximum atomic E-state index is 12.3. The third-order valence-electron chi connectivity index (χ3n) is 2.33. The zero-order chi connectivity index (χ0) is 16.3. The first-order chi connectivity index (χ1) is 10.3. The van der Waals surface area contributed by atoms with Gasteiger partial charge in [-0.15, -0.1) is 10.2 Å². The Balaban J connectivity index is 2.30. The van der Waals surface area contributed by atoms with Crippen LogP contribution in [0.15, 0.2) is 22.5 Å². The Morgan fingerprint density at radius 3 is 2.73 bits per heavy atom. The molecule has 2 aromatic rings. The molecule has 0 aliphatic rings. The van der Waals surface area contributed by atoms with Crippen LogP contribution in [0.5, 0.6) is 5.75 Å². The lowest BCUT2D eigenvalue weighted by Gasteiger charge is -2.10. The van der Waals surface area contributed by atoms with E-state index in [-0.39, 0.29) is 21.1 Å². The quantitative estimate of drug-likeness (QED) is 0.786. The monoisotopic (exact) mass is 362 g/mol. The van der Waals surface area contributed by atoms with E-state index in [4.69, 9.17) is 16.3 Å². The predicted octanol–water partition coefficient (Wildman–Crippen LogP) is 1.96. The second-order valence-electron chi connectivity index (χ2n) is 4.00. The summed E-state index contributed by atoms with van der Waals surface area (Å²) in [5.74, 6) is -0.0656. The number of nitrogens with one attached hydrogen (secondary N) is 2. The van der Waals surface area contributed by atoms with Crippen LogP contribution in [0, 0.1) is 0 Å². The van der Waals surface area contributed by atoms with Crippen LogP contribution in [0.1, 0.15) is 6.92 Å². The SMILES string of the molecule is COc1ccc(Cl)cc1NS(=O)(=O)c1nnc(NC(C)=O)s1. The highest BCUT2D eigenvalue weighted by molar-refractivity contribution is 7.94. The lowest BCUT2D eigenvalue weighted by atomic mass is 10.3. The molecule has 0 aliphatic carbocycles. The van der Waals surface area contributed by atoms with Gasteiger partial charge >= 0.3 is 0 Å². The van der Waals surface area contributed by atoms with Crippen LogP contribution in [-0.4, -0.2) is 31.6 Å². The molecule has 2 rings (SSSR count). The highest BCUT2D eigenvalue weighted by atomic mass is 35.5. The fraction of sp³-hybridized carbons (Fsp3) is 0.182. The van der Waals surface area contributed by atoms with Crippen LogP contribution in [0.4, 0.5) is 10.8 Å². The first kappa shape index (κ1) is 16.5. The molecule has 0 saturated heterocycles. The maximum absolute atomic E-state index is 12.3. The van der Waals surface area contributed by atoms with Crippen molar-refractivity contribution in [3.63, 3.8) is 0 Å². The van der Waals surface area contributed by atoms with Crippen LogP contribution in [0.2, 0.25) is 5.02 Å². The van der Waals surface area contributed by atoms with Crippen LogP contribution in [0.25, 0.3) is 0 Å². The molecule has 0 aliphatic heterocycles. The van der Waals surface area contributed by atoms with Crippen molar-refractivity contribution >= 4 is 49.7 Å². The van der Waals surface area contributed by atoms with Crippen molar-refractivity contribution in [3.8, 4) is 5.75 Å². The first-order valence-corrected chi connectivity index (χ1v) is 8.47. The number of carbonyl (C=O) groups excluding carboxylic acids is 1. The molecule has 1 amide bonds. The van der Waals surface area contributed by atoms with Gasteiger partial charge in [0.15, 0.2) is 0 Å². The van der Waals surface area contributed by atoms with Crippen molar-refractivity contribution in [2.45, 2.75) is 11.3 Å². The van der Waals surface area contributed by atoms with E-state index >= 15 is 0 Å². The van der Waals surface area contributed by atoms with Gasteiger partial charge < -0.3 is 10.1 Å². The molecule has 22 heavy (non-hydrogen) atoms. The molecular formula is C11H11ClN4O4S2. The zero-order valence-corrected chi connectivity index (χ0v) is 13.8. The minimum atomic E-state index is -3.97. The molecule has 8 nitrogen and oxygen atoms in total. The number of nitrogens with zero attached hydrogens (tertiary/aromatic N) is 2. The number of benzene rings is 1. The van der Waals surface area contributed by atoms with E-state index in [0.29, 0.717) is 10.8 Å². The van der Waals surface area contributed by atoms with Crippen molar-refractivity contribution in [1.82, 2.24) is 10.2 Å². The molecule has 1 aromatic heterocycles. The zero-order valence-electron chi connectivity index (χ0n) is 11.5. The van der Waals surface area contributed by atoms with Gasteiger partial charge in [0, 0.05) is 11.9 Å². The maximum Gasteiger partial charge on any atom is 0.291 e. The normalized spacial score (nSPS) is 11.0. The highest BCUT2D eigenvalue weighted by Gasteiger charge is 2.22. The standard InChI is InChI=1S/C11H11ClN4O4S2/c1-6(17)13-10-14-15-11(21-10)22(18,19)16-8-5-7(12)3-4-9(8)20-2/h3-5,16H,1-2H3,(H,13,14,17). The van der Waals surface area contributed by atoms with Crippen molar-refractivity contribution < 1.29 is 17.9 Å². The van der Waals surface area contributed by atoms with E-state index in [1.165, 1.54) is 26.2 Å².